The third-order valence-electron chi connectivity index (χ3n) is 8.45. The summed E-state index contributed by atoms with van der Waals surface area (Å²) in [6.07, 6.45) is -0.927. The second-order valence-electron chi connectivity index (χ2n) is 11.6. The molecule has 218 valence electrons. The summed E-state index contributed by atoms with van der Waals surface area (Å²) in [4.78, 5) is 57.4. The van der Waals surface area contributed by atoms with E-state index in [1.807, 2.05) is 44.2 Å². The van der Waals surface area contributed by atoms with Crippen LogP contribution in [-0.2, 0) is 23.7 Å². The number of aliphatic hydroxyl groups is 1. The molecule has 0 unspecified atom stereocenters. The first kappa shape index (κ1) is 29.1. The first-order valence-electron chi connectivity index (χ1n) is 13.8. The fourth-order valence-electron chi connectivity index (χ4n) is 6.28. The van der Waals surface area contributed by atoms with Crippen LogP contribution in [0, 0.1) is 5.92 Å². The van der Waals surface area contributed by atoms with Crippen molar-refractivity contribution in [3.63, 3.8) is 0 Å². The Hall–Kier alpha value is -3.42. The maximum Gasteiger partial charge on any atom is 0.605 e. The Morgan fingerprint density at radius 1 is 1.02 bits per heavy atom. The number of aromatic nitrogens is 1. The number of likely N-dealkylation sites (N-methyl/N-ethyl adjacent to an activating group) is 1. The van der Waals surface area contributed by atoms with Gasteiger partial charge in [0, 0.05) is 12.6 Å². The number of carbonyl (C=O) groups excluding carboxylic acids is 4. The lowest BCUT2D eigenvalue weighted by Crippen LogP contribution is -2.77. The fourth-order valence-corrected chi connectivity index (χ4v) is 7.78. The fraction of sp³-hybridized carbons (Fsp3) is 0.464. The van der Waals surface area contributed by atoms with Crippen molar-refractivity contribution >= 4 is 42.2 Å². The Morgan fingerprint density at radius 3 is 2.24 bits per heavy atom. The zero-order valence-corrected chi connectivity index (χ0v) is 24.3. The molecule has 4 heterocycles. The topological polar surface area (TPSA) is 144 Å². The third kappa shape index (κ3) is 5.00. The van der Waals surface area contributed by atoms with Gasteiger partial charge < -0.3 is 29.4 Å². The van der Waals surface area contributed by atoms with Gasteiger partial charge in [-0.25, -0.2) is 14.6 Å². The molecule has 0 saturated carbocycles. The van der Waals surface area contributed by atoms with Crippen molar-refractivity contribution in [2.45, 2.75) is 57.4 Å². The summed E-state index contributed by atoms with van der Waals surface area (Å²) in [6.45, 7) is 2.64. The van der Waals surface area contributed by atoms with Crippen LogP contribution in [0.4, 0.5) is 0 Å². The van der Waals surface area contributed by atoms with Gasteiger partial charge in [0.1, 0.15) is 11.7 Å². The number of amides is 2. The quantitative estimate of drug-likeness (QED) is 0.373. The highest BCUT2D eigenvalue weighted by Gasteiger charge is 2.77. The molecular weight excluding hydrogens is 547 g/mol. The van der Waals surface area contributed by atoms with Crippen molar-refractivity contribution in [2.75, 3.05) is 18.6 Å². The predicted molar refractivity (Wildman–Crippen MR) is 153 cm³/mol. The maximum absolute atomic E-state index is 13.7. The van der Waals surface area contributed by atoms with Crippen LogP contribution in [0.2, 0.25) is 0 Å². The van der Waals surface area contributed by atoms with E-state index in [9.17, 15) is 24.3 Å². The van der Waals surface area contributed by atoms with E-state index in [0.717, 1.165) is 5.56 Å². The van der Waals surface area contributed by atoms with Gasteiger partial charge in [-0.15, -0.1) is 11.8 Å². The average Bonchev–Trinajstić information content (AvgIpc) is 3.31. The number of nitrogens with zero attached hydrogens (tertiary/aromatic N) is 2. The van der Waals surface area contributed by atoms with Gasteiger partial charge in [0.05, 0.1) is 29.2 Å². The molecule has 1 aromatic carbocycles. The number of carbonyl (C=O) groups is 4. The van der Waals surface area contributed by atoms with E-state index in [1.165, 1.54) is 24.8 Å². The number of aliphatic hydroxyl groups excluding tert-OH is 1. The summed E-state index contributed by atoms with van der Waals surface area (Å²) in [5.41, 5.74) is 1.49. The first-order chi connectivity index (χ1) is 19.5. The highest BCUT2D eigenvalue weighted by molar-refractivity contribution is 7.99. The summed E-state index contributed by atoms with van der Waals surface area (Å²) in [7, 11) is 1.80. The van der Waals surface area contributed by atoms with Crippen molar-refractivity contribution < 1.29 is 38.0 Å². The molecule has 0 spiro atoms. The smallest absolute Gasteiger partial charge is 0.599 e. The van der Waals surface area contributed by atoms with E-state index in [1.54, 1.807) is 19.2 Å². The van der Waals surface area contributed by atoms with Crippen molar-refractivity contribution in [1.29, 1.82) is 0 Å². The van der Waals surface area contributed by atoms with Gasteiger partial charge in [0.2, 0.25) is 5.91 Å². The van der Waals surface area contributed by atoms with Crippen LogP contribution in [0.1, 0.15) is 37.7 Å². The minimum Gasteiger partial charge on any atom is -0.599 e. The predicted octanol–water partition coefficient (Wildman–Crippen LogP) is 1.28. The van der Waals surface area contributed by atoms with Crippen molar-refractivity contribution in [3.05, 3.63) is 54.2 Å². The number of nitrogens with one attached hydrogen (secondary N) is 2. The van der Waals surface area contributed by atoms with Crippen LogP contribution in [0.25, 0.3) is 11.3 Å². The molecule has 3 fully saturated rings. The first-order valence-corrected chi connectivity index (χ1v) is 15.0. The van der Waals surface area contributed by atoms with Gasteiger partial charge in [0.15, 0.2) is 12.1 Å². The lowest BCUT2D eigenvalue weighted by Gasteiger charge is -2.51. The molecule has 13 heteroatoms. The molecule has 3 aliphatic rings. The van der Waals surface area contributed by atoms with Gasteiger partial charge in [-0.2, -0.15) is 0 Å². The summed E-state index contributed by atoms with van der Waals surface area (Å²) in [6, 6.07) is 11.8. The Balaban J connectivity index is 1.40. The highest BCUT2D eigenvalue weighted by Crippen LogP contribution is 2.48. The molecule has 5 rings (SSSR count). The monoisotopic (exact) mass is 582 g/mol. The maximum atomic E-state index is 13.7. The van der Waals surface area contributed by atoms with E-state index in [4.69, 9.17) is 9.31 Å². The van der Waals surface area contributed by atoms with E-state index < -0.39 is 60.6 Å². The normalized spacial score (nSPS) is 28.7. The van der Waals surface area contributed by atoms with Crippen molar-refractivity contribution in [2.24, 2.45) is 5.92 Å². The number of thioether (sulfide) groups is 1. The largest absolute Gasteiger partial charge is 0.605 e. The zero-order chi connectivity index (χ0) is 29.5. The Kier molecular flexibility index (Phi) is 7.88. The molecular formula is C28H35BN4O7S. The molecule has 5 atom stereocenters. The lowest BCUT2D eigenvalue weighted by molar-refractivity contribution is -0.840. The highest BCUT2D eigenvalue weighted by atomic mass is 32.2. The van der Waals surface area contributed by atoms with Crippen LogP contribution in [0.3, 0.4) is 0 Å². The van der Waals surface area contributed by atoms with E-state index >= 15 is 0 Å². The standard InChI is InChI=1S/C28H35BN4O7S/c1-16(2)13-23(29-33(4)21(27(37)39-29)14-41-15-22(33)28(38)40-29)31-26(36)24(17(3)34)32-25(35)20-12-8-11-19(30-20)18-9-6-5-7-10-18/h5-12,16-17,21-24,34H,13-15H2,1-4H3,(H,31,36)(H,32,35)/t17-,21+,22+,23+,24+,29?,33?/m1/s1. The van der Waals surface area contributed by atoms with Gasteiger partial charge in [-0.05, 0) is 31.4 Å². The van der Waals surface area contributed by atoms with E-state index in [-0.39, 0.29) is 16.0 Å². The number of hydrogen-bond acceptors (Lipinski definition) is 9. The molecule has 1 aromatic heterocycles. The van der Waals surface area contributed by atoms with Crippen LogP contribution < -0.4 is 10.6 Å². The van der Waals surface area contributed by atoms with Crippen LogP contribution in [-0.4, -0.2) is 93.6 Å². The molecule has 3 saturated heterocycles. The number of benzene rings is 1. The van der Waals surface area contributed by atoms with Gasteiger partial charge >= 0.3 is 18.6 Å². The molecule has 3 aliphatic heterocycles. The number of rotatable bonds is 9. The number of pyridine rings is 1. The molecule has 0 aliphatic carbocycles. The van der Waals surface area contributed by atoms with Crippen LogP contribution in [0.15, 0.2) is 48.5 Å². The molecule has 2 aromatic rings. The average molecular weight is 582 g/mol. The summed E-state index contributed by atoms with van der Waals surface area (Å²) in [5, 5.41) is 16.1. The molecule has 2 amide bonds. The number of hydrogen-bond donors (Lipinski definition) is 3. The van der Waals surface area contributed by atoms with Crippen LogP contribution >= 0.6 is 11.8 Å². The zero-order valence-electron chi connectivity index (χ0n) is 23.5. The Labute approximate surface area is 243 Å². The lowest BCUT2D eigenvalue weighted by atomic mass is 9.57. The van der Waals surface area contributed by atoms with E-state index in [0.29, 0.717) is 23.6 Å². The minimum atomic E-state index is -2.65. The number of quaternary nitrogens is 1. The van der Waals surface area contributed by atoms with Gasteiger partial charge in [0.25, 0.3) is 5.91 Å². The van der Waals surface area contributed by atoms with Crippen molar-refractivity contribution in [3.8, 4) is 11.3 Å². The summed E-state index contributed by atoms with van der Waals surface area (Å²) < 4.78 is 11.8. The van der Waals surface area contributed by atoms with E-state index in [2.05, 4.69) is 15.6 Å². The van der Waals surface area contributed by atoms with Gasteiger partial charge in [-0.3, -0.25) is 9.59 Å². The molecule has 11 nitrogen and oxygen atoms in total. The summed E-state index contributed by atoms with van der Waals surface area (Å²) >= 11 is 1.51. The van der Waals surface area contributed by atoms with Gasteiger partial charge in [-0.1, -0.05) is 50.2 Å². The second kappa shape index (κ2) is 11.1. The van der Waals surface area contributed by atoms with Crippen LogP contribution in [0.5, 0.6) is 0 Å². The molecule has 0 radical (unpaired) electrons. The Bertz CT molecular complexity index is 1330. The minimum absolute atomic E-state index is 0.0299. The molecule has 41 heavy (non-hydrogen) atoms. The SMILES string of the molecule is CC(C)C[C@H](NC(=O)[C@@H](NC(=O)c1cccc(-c2ccccc2)n1)[C@@H](C)O)[B-]12OC(=O)[C@@H]3CSC[C@@H](C(=O)O1)[N+]32C. The second-order valence-corrected chi connectivity index (χ2v) is 12.7. The third-order valence-corrected chi connectivity index (χ3v) is 9.55. The van der Waals surface area contributed by atoms with Crippen molar-refractivity contribution in [1.82, 2.24) is 15.6 Å². The summed E-state index contributed by atoms with van der Waals surface area (Å²) in [5.74, 6) is -2.11. The molecule has 3 N–H and O–H groups in total. The Morgan fingerprint density at radius 2 is 1.66 bits per heavy atom. The molecule has 0 bridgehead atoms.